The lowest BCUT2D eigenvalue weighted by molar-refractivity contribution is -0.151. The number of likely N-dealkylation sites (tertiary alicyclic amines) is 1. The molecule has 2 rings (SSSR count). The van der Waals surface area contributed by atoms with Crippen LogP contribution in [0.5, 0.6) is 0 Å². The Bertz CT molecular complexity index is 593. The van der Waals surface area contributed by atoms with E-state index in [-0.39, 0.29) is 30.4 Å². The lowest BCUT2D eigenvalue weighted by Gasteiger charge is -2.28. The van der Waals surface area contributed by atoms with Crippen LogP contribution in [0.25, 0.3) is 0 Å². The zero-order chi connectivity index (χ0) is 19.1. The van der Waals surface area contributed by atoms with Gasteiger partial charge in [-0.05, 0) is 43.6 Å². The van der Waals surface area contributed by atoms with E-state index in [2.05, 4.69) is 39.4 Å². The van der Waals surface area contributed by atoms with Crippen LogP contribution in [0.15, 0.2) is 24.3 Å². The number of benzene rings is 1. The summed E-state index contributed by atoms with van der Waals surface area (Å²) in [7, 11) is 4.04. The molecule has 1 aliphatic rings. The van der Waals surface area contributed by atoms with Crippen LogP contribution >= 0.6 is 0 Å². The van der Waals surface area contributed by atoms with Crippen LogP contribution in [-0.4, -0.2) is 57.1 Å². The monoisotopic (exact) mass is 361 g/mol. The van der Waals surface area contributed by atoms with Crippen LogP contribution in [0.1, 0.15) is 38.3 Å². The smallest absolute Gasteiger partial charge is 0.308 e. The molecule has 1 saturated heterocycles. The van der Waals surface area contributed by atoms with Gasteiger partial charge in [-0.3, -0.25) is 14.5 Å². The maximum absolute atomic E-state index is 12.1. The van der Waals surface area contributed by atoms with E-state index in [9.17, 15) is 9.59 Å². The Hall–Kier alpha value is -2.08. The van der Waals surface area contributed by atoms with E-state index in [1.807, 2.05) is 14.1 Å². The minimum Gasteiger partial charge on any atom is -0.455 e. The summed E-state index contributed by atoms with van der Waals surface area (Å²) in [6.45, 7) is 5.88. The molecular formula is C20H31N3O3. The predicted octanol–water partition coefficient (Wildman–Crippen LogP) is 2.20. The third-order valence-electron chi connectivity index (χ3n) is 4.69. The first-order valence-corrected chi connectivity index (χ1v) is 9.33. The van der Waals surface area contributed by atoms with Crippen molar-refractivity contribution in [3.05, 3.63) is 29.8 Å². The molecule has 1 aromatic carbocycles. The van der Waals surface area contributed by atoms with Gasteiger partial charge in [-0.15, -0.1) is 0 Å². The maximum atomic E-state index is 12.1. The number of anilines is 1. The van der Waals surface area contributed by atoms with Gasteiger partial charge in [0.2, 0.25) is 0 Å². The summed E-state index contributed by atoms with van der Waals surface area (Å²) in [6.07, 6.45) is 2.37. The second-order valence-electron chi connectivity index (χ2n) is 7.31. The van der Waals surface area contributed by atoms with Crippen molar-refractivity contribution in [2.75, 3.05) is 45.2 Å². The Labute approximate surface area is 156 Å². The first-order valence-electron chi connectivity index (χ1n) is 9.33. The normalized spacial score (nSPS) is 15.7. The lowest BCUT2D eigenvalue weighted by Crippen LogP contribution is -2.38. The zero-order valence-corrected chi connectivity index (χ0v) is 16.3. The van der Waals surface area contributed by atoms with Crippen molar-refractivity contribution < 1.29 is 14.3 Å². The second-order valence-corrected chi connectivity index (χ2v) is 7.31. The molecule has 1 unspecified atom stereocenters. The fourth-order valence-corrected chi connectivity index (χ4v) is 3.07. The molecule has 1 aliphatic heterocycles. The summed E-state index contributed by atoms with van der Waals surface area (Å²) < 4.78 is 5.00. The SMILES string of the molecule is CC(C)C(=O)OCC(=O)NCC(c1ccc(N(C)C)cc1)N1CCCC1. The van der Waals surface area contributed by atoms with Gasteiger partial charge in [0.15, 0.2) is 6.61 Å². The first kappa shape index (κ1) is 20.2. The van der Waals surface area contributed by atoms with E-state index in [1.54, 1.807) is 13.8 Å². The van der Waals surface area contributed by atoms with Gasteiger partial charge in [0.05, 0.1) is 12.0 Å². The number of esters is 1. The molecule has 1 heterocycles. The van der Waals surface area contributed by atoms with E-state index in [0.29, 0.717) is 6.54 Å². The maximum Gasteiger partial charge on any atom is 0.308 e. The average Bonchev–Trinajstić information content (AvgIpc) is 3.14. The zero-order valence-electron chi connectivity index (χ0n) is 16.3. The number of rotatable bonds is 8. The van der Waals surface area contributed by atoms with Gasteiger partial charge in [0, 0.05) is 26.3 Å². The largest absolute Gasteiger partial charge is 0.455 e. The molecule has 0 spiro atoms. The van der Waals surface area contributed by atoms with E-state index in [0.717, 1.165) is 18.8 Å². The van der Waals surface area contributed by atoms with Gasteiger partial charge >= 0.3 is 5.97 Å². The molecule has 26 heavy (non-hydrogen) atoms. The van der Waals surface area contributed by atoms with Crippen molar-refractivity contribution in [1.29, 1.82) is 0 Å². The van der Waals surface area contributed by atoms with Gasteiger partial charge in [0.25, 0.3) is 5.91 Å². The number of hydrogen-bond donors (Lipinski definition) is 1. The molecule has 0 radical (unpaired) electrons. The fourth-order valence-electron chi connectivity index (χ4n) is 3.07. The highest BCUT2D eigenvalue weighted by molar-refractivity contribution is 5.81. The van der Waals surface area contributed by atoms with Gasteiger partial charge < -0.3 is 15.0 Å². The van der Waals surface area contributed by atoms with Crippen LogP contribution in [0.2, 0.25) is 0 Å². The molecule has 1 fully saturated rings. The molecule has 144 valence electrons. The highest BCUT2D eigenvalue weighted by atomic mass is 16.5. The molecule has 1 atom stereocenters. The van der Waals surface area contributed by atoms with Crippen molar-refractivity contribution in [3.63, 3.8) is 0 Å². The molecule has 1 amide bonds. The molecule has 0 aromatic heterocycles. The quantitative estimate of drug-likeness (QED) is 0.720. The minimum atomic E-state index is -0.351. The lowest BCUT2D eigenvalue weighted by atomic mass is 10.0. The van der Waals surface area contributed by atoms with Crippen molar-refractivity contribution in [2.24, 2.45) is 5.92 Å². The number of amides is 1. The summed E-state index contributed by atoms with van der Waals surface area (Å²) in [4.78, 5) is 28.0. The first-order chi connectivity index (χ1) is 12.4. The van der Waals surface area contributed by atoms with E-state index in [4.69, 9.17) is 4.74 Å². The summed E-state index contributed by atoms with van der Waals surface area (Å²) in [5, 5.41) is 2.92. The number of carbonyl (C=O) groups excluding carboxylic acids is 2. The van der Waals surface area contributed by atoms with E-state index in [1.165, 1.54) is 18.4 Å². The average molecular weight is 361 g/mol. The van der Waals surface area contributed by atoms with Gasteiger partial charge in [-0.2, -0.15) is 0 Å². The van der Waals surface area contributed by atoms with Crippen LogP contribution in [0, 0.1) is 5.92 Å². The number of nitrogens with one attached hydrogen (secondary N) is 1. The van der Waals surface area contributed by atoms with Crippen LogP contribution in [-0.2, 0) is 14.3 Å². The molecular weight excluding hydrogens is 330 g/mol. The standard InChI is InChI=1S/C20H31N3O3/c1-15(2)20(25)26-14-19(24)21-13-18(23-11-5-6-12-23)16-7-9-17(10-8-16)22(3)4/h7-10,15,18H,5-6,11-14H2,1-4H3,(H,21,24). The fraction of sp³-hybridized carbons (Fsp3) is 0.600. The van der Waals surface area contributed by atoms with Crippen LogP contribution < -0.4 is 10.2 Å². The summed E-state index contributed by atoms with van der Waals surface area (Å²) in [6, 6.07) is 8.60. The summed E-state index contributed by atoms with van der Waals surface area (Å²) >= 11 is 0. The van der Waals surface area contributed by atoms with Gasteiger partial charge in [-0.1, -0.05) is 26.0 Å². The predicted molar refractivity (Wildman–Crippen MR) is 103 cm³/mol. The molecule has 1 aromatic rings. The Balaban J connectivity index is 1.97. The van der Waals surface area contributed by atoms with Crippen LogP contribution in [0.4, 0.5) is 5.69 Å². The van der Waals surface area contributed by atoms with Crippen molar-refractivity contribution >= 4 is 17.6 Å². The molecule has 0 saturated carbocycles. The minimum absolute atomic E-state index is 0.137. The third kappa shape index (κ3) is 5.73. The molecule has 6 heteroatoms. The number of nitrogens with zero attached hydrogens (tertiary/aromatic N) is 2. The van der Waals surface area contributed by atoms with E-state index >= 15 is 0 Å². The Kier molecular flexibility index (Phi) is 7.45. The third-order valence-corrected chi connectivity index (χ3v) is 4.69. The molecule has 0 aliphatic carbocycles. The summed E-state index contributed by atoms with van der Waals surface area (Å²) in [5.41, 5.74) is 2.34. The summed E-state index contributed by atoms with van der Waals surface area (Å²) in [5.74, 6) is -0.834. The van der Waals surface area contributed by atoms with Crippen LogP contribution in [0.3, 0.4) is 0 Å². The van der Waals surface area contributed by atoms with Gasteiger partial charge in [0.1, 0.15) is 0 Å². The number of carbonyl (C=O) groups is 2. The highest BCUT2D eigenvalue weighted by Crippen LogP contribution is 2.26. The van der Waals surface area contributed by atoms with Crippen molar-refractivity contribution in [3.8, 4) is 0 Å². The number of ether oxygens (including phenoxy) is 1. The van der Waals surface area contributed by atoms with Crippen molar-refractivity contribution in [1.82, 2.24) is 10.2 Å². The Morgan fingerprint density at radius 1 is 1.15 bits per heavy atom. The molecule has 0 bridgehead atoms. The Morgan fingerprint density at radius 2 is 1.77 bits per heavy atom. The number of hydrogen-bond acceptors (Lipinski definition) is 5. The van der Waals surface area contributed by atoms with Gasteiger partial charge in [-0.25, -0.2) is 0 Å². The Morgan fingerprint density at radius 3 is 2.31 bits per heavy atom. The molecule has 1 N–H and O–H groups in total. The second kappa shape index (κ2) is 9.57. The topological polar surface area (TPSA) is 61.9 Å². The highest BCUT2D eigenvalue weighted by Gasteiger charge is 2.24. The van der Waals surface area contributed by atoms with Crippen molar-refractivity contribution in [2.45, 2.75) is 32.7 Å². The molecule has 6 nitrogen and oxygen atoms in total. The van der Waals surface area contributed by atoms with E-state index < -0.39 is 0 Å².